The van der Waals surface area contributed by atoms with Gasteiger partial charge in [-0.15, -0.1) is 0 Å². The van der Waals surface area contributed by atoms with Crippen LogP contribution in [0, 0.1) is 0 Å². The number of hydrogen-bond donors (Lipinski definition) is 0. The van der Waals surface area contributed by atoms with Gasteiger partial charge in [0.15, 0.2) is 0 Å². The van der Waals surface area contributed by atoms with Gasteiger partial charge >= 0.3 is 6.09 Å². The molecule has 0 atom stereocenters. The van der Waals surface area contributed by atoms with E-state index < -0.39 is 5.60 Å². The summed E-state index contributed by atoms with van der Waals surface area (Å²) in [5, 5.41) is 0. The van der Waals surface area contributed by atoms with Crippen LogP contribution < -0.4 is 0 Å². The standard InChI is InChI=1S/C17H29NO3.C2H6/c1-8-14(4)13-15(9-2)20-12-11-18(10-3)16(19)21-17(5,6)7;1-2/h8-9,13H,1,10-12H2,2-7H3;1-2H3/b14-13-,15-9+;. The minimum atomic E-state index is -0.482. The smallest absolute Gasteiger partial charge is 0.410 e. The molecule has 0 aromatic heterocycles. The van der Waals surface area contributed by atoms with Gasteiger partial charge in [0.1, 0.15) is 18.0 Å². The van der Waals surface area contributed by atoms with Crippen LogP contribution in [0.5, 0.6) is 0 Å². The fourth-order valence-electron chi connectivity index (χ4n) is 1.47. The molecule has 0 aliphatic heterocycles. The number of nitrogens with zero attached hydrogens (tertiary/aromatic N) is 1. The summed E-state index contributed by atoms with van der Waals surface area (Å²) in [5.74, 6) is 0.771. The van der Waals surface area contributed by atoms with Gasteiger partial charge in [0.05, 0.1) is 6.54 Å². The minimum absolute atomic E-state index is 0.312. The van der Waals surface area contributed by atoms with Gasteiger partial charge in [0.25, 0.3) is 0 Å². The molecule has 1 amide bonds. The number of carbonyl (C=O) groups is 1. The average molecular weight is 325 g/mol. The minimum Gasteiger partial charge on any atom is -0.492 e. The maximum atomic E-state index is 12.0. The van der Waals surface area contributed by atoms with E-state index in [1.807, 2.05) is 67.5 Å². The van der Waals surface area contributed by atoms with Gasteiger partial charge in [-0.25, -0.2) is 4.79 Å². The molecule has 0 aliphatic rings. The second-order valence-corrected chi connectivity index (χ2v) is 5.69. The molecule has 4 nitrogen and oxygen atoms in total. The Bertz CT molecular complexity index is 403. The normalized spacial score (nSPS) is 12.0. The van der Waals surface area contributed by atoms with Crippen LogP contribution in [0.15, 0.2) is 36.1 Å². The van der Waals surface area contributed by atoms with Crippen LogP contribution >= 0.6 is 0 Å². The Hall–Kier alpha value is -1.71. The monoisotopic (exact) mass is 325 g/mol. The molecule has 0 rings (SSSR count). The third-order valence-corrected chi connectivity index (χ3v) is 2.64. The quantitative estimate of drug-likeness (QED) is 0.469. The van der Waals surface area contributed by atoms with Gasteiger partial charge in [-0.3, -0.25) is 0 Å². The van der Waals surface area contributed by atoms with Crippen molar-refractivity contribution in [3.63, 3.8) is 0 Å². The zero-order valence-electron chi connectivity index (χ0n) is 16.2. The molecule has 0 aromatic rings. The lowest BCUT2D eigenvalue weighted by atomic mass is 10.2. The maximum absolute atomic E-state index is 12.0. The molecule has 0 radical (unpaired) electrons. The molecule has 23 heavy (non-hydrogen) atoms. The number of allylic oxidation sites excluding steroid dienone is 4. The molecule has 0 aromatic carbocycles. The summed E-state index contributed by atoms with van der Waals surface area (Å²) >= 11 is 0. The number of likely N-dealkylation sites (N-methyl/N-ethyl adjacent to an activating group) is 1. The second kappa shape index (κ2) is 12.8. The number of ether oxygens (including phenoxy) is 2. The van der Waals surface area contributed by atoms with E-state index in [-0.39, 0.29) is 6.09 Å². The fourth-order valence-corrected chi connectivity index (χ4v) is 1.47. The van der Waals surface area contributed by atoms with Gasteiger partial charge < -0.3 is 14.4 Å². The molecule has 4 heteroatoms. The predicted molar refractivity (Wildman–Crippen MR) is 98.5 cm³/mol. The van der Waals surface area contributed by atoms with Gasteiger partial charge in [0.2, 0.25) is 0 Å². The Morgan fingerprint density at radius 2 is 1.83 bits per heavy atom. The van der Waals surface area contributed by atoms with E-state index in [0.29, 0.717) is 19.7 Å². The first-order valence-corrected chi connectivity index (χ1v) is 8.31. The van der Waals surface area contributed by atoms with Crippen LogP contribution in [0.3, 0.4) is 0 Å². The van der Waals surface area contributed by atoms with Crippen molar-refractivity contribution in [3.05, 3.63) is 36.1 Å². The Morgan fingerprint density at radius 3 is 2.22 bits per heavy atom. The average Bonchev–Trinajstić information content (AvgIpc) is 2.50. The third-order valence-electron chi connectivity index (χ3n) is 2.64. The summed E-state index contributed by atoms with van der Waals surface area (Å²) in [6.07, 6.45) is 5.26. The lowest BCUT2D eigenvalue weighted by molar-refractivity contribution is 0.0220. The first-order chi connectivity index (χ1) is 10.7. The zero-order chi connectivity index (χ0) is 18.5. The first-order valence-electron chi connectivity index (χ1n) is 8.31. The summed E-state index contributed by atoms with van der Waals surface area (Å²) in [7, 11) is 0. The molecular weight excluding hydrogens is 290 g/mol. The summed E-state index contributed by atoms with van der Waals surface area (Å²) in [4.78, 5) is 13.6. The van der Waals surface area contributed by atoms with Gasteiger partial charge in [-0.1, -0.05) is 26.5 Å². The number of amides is 1. The third kappa shape index (κ3) is 12.5. The van der Waals surface area contributed by atoms with E-state index in [1.54, 1.807) is 11.0 Å². The van der Waals surface area contributed by atoms with Gasteiger partial charge in [-0.05, 0) is 59.3 Å². The molecule has 0 N–H and O–H groups in total. The molecule has 134 valence electrons. The van der Waals surface area contributed by atoms with E-state index in [2.05, 4.69) is 6.58 Å². The van der Waals surface area contributed by atoms with Crippen molar-refractivity contribution in [3.8, 4) is 0 Å². The molecule has 0 unspecified atom stereocenters. The Morgan fingerprint density at radius 1 is 1.26 bits per heavy atom. The number of hydrogen-bond acceptors (Lipinski definition) is 3. The van der Waals surface area contributed by atoms with E-state index >= 15 is 0 Å². The van der Waals surface area contributed by atoms with Crippen molar-refractivity contribution in [1.29, 1.82) is 0 Å². The van der Waals surface area contributed by atoms with Crippen molar-refractivity contribution in [1.82, 2.24) is 4.90 Å². The highest BCUT2D eigenvalue weighted by Crippen LogP contribution is 2.10. The Balaban J connectivity index is 0. The van der Waals surface area contributed by atoms with Crippen molar-refractivity contribution in [2.45, 2.75) is 61.0 Å². The molecule has 0 aliphatic carbocycles. The van der Waals surface area contributed by atoms with Crippen LogP contribution in [-0.2, 0) is 9.47 Å². The maximum Gasteiger partial charge on any atom is 0.410 e. The second-order valence-electron chi connectivity index (χ2n) is 5.69. The number of rotatable bonds is 7. The highest BCUT2D eigenvalue weighted by Gasteiger charge is 2.20. The Kier molecular flexibility index (Phi) is 13.1. The largest absolute Gasteiger partial charge is 0.492 e. The topological polar surface area (TPSA) is 38.8 Å². The highest BCUT2D eigenvalue weighted by molar-refractivity contribution is 5.68. The highest BCUT2D eigenvalue weighted by atomic mass is 16.6. The molecule has 0 bridgehead atoms. The Labute approximate surface area is 142 Å². The first kappa shape index (κ1) is 23.6. The van der Waals surface area contributed by atoms with E-state index in [4.69, 9.17) is 9.47 Å². The van der Waals surface area contributed by atoms with Gasteiger partial charge in [0, 0.05) is 6.54 Å². The lowest BCUT2D eigenvalue weighted by Crippen LogP contribution is -2.38. The van der Waals surface area contributed by atoms with Crippen LogP contribution in [-0.4, -0.2) is 36.3 Å². The molecule has 0 heterocycles. The molecule has 0 saturated carbocycles. The molecule has 0 fully saturated rings. The van der Waals surface area contributed by atoms with Crippen molar-refractivity contribution < 1.29 is 14.3 Å². The van der Waals surface area contributed by atoms with Crippen LogP contribution in [0.1, 0.15) is 55.4 Å². The SMILES string of the molecule is C=C/C(C)=C\C(=C/C)OCCN(CC)C(=O)OC(C)(C)C.CC. The number of carbonyl (C=O) groups excluding carboxylic acids is 1. The molecular formula is C19H35NO3. The van der Waals surface area contributed by atoms with E-state index in [1.165, 1.54) is 0 Å². The predicted octanol–water partition coefficient (Wildman–Crippen LogP) is 5.32. The summed E-state index contributed by atoms with van der Waals surface area (Å²) in [6.45, 7) is 20.6. The fraction of sp³-hybridized carbons (Fsp3) is 0.632. The van der Waals surface area contributed by atoms with Crippen molar-refractivity contribution in [2.24, 2.45) is 0 Å². The van der Waals surface area contributed by atoms with Crippen LogP contribution in [0.4, 0.5) is 4.79 Å². The summed E-state index contributed by atoms with van der Waals surface area (Å²) < 4.78 is 11.0. The van der Waals surface area contributed by atoms with Crippen molar-refractivity contribution >= 4 is 6.09 Å². The summed E-state index contributed by atoms with van der Waals surface area (Å²) in [6, 6.07) is 0. The zero-order valence-corrected chi connectivity index (χ0v) is 16.2. The van der Waals surface area contributed by atoms with E-state index in [0.717, 1.165) is 11.3 Å². The summed E-state index contributed by atoms with van der Waals surface area (Å²) in [5.41, 5.74) is 0.548. The van der Waals surface area contributed by atoms with E-state index in [9.17, 15) is 4.79 Å². The van der Waals surface area contributed by atoms with Crippen molar-refractivity contribution in [2.75, 3.05) is 19.7 Å². The molecule has 0 saturated heterocycles. The van der Waals surface area contributed by atoms with Crippen LogP contribution in [0.2, 0.25) is 0 Å². The van der Waals surface area contributed by atoms with Gasteiger partial charge in [-0.2, -0.15) is 0 Å². The molecule has 0 spiro atoms. The van der Waals surface area contributed by atoms with Crippen LogP contribution in [0.25, 0.3) is 0 Å². The lowest BCUT2D eigenvalue weighted by Gasteiger charge is -2.26.